The Kier molecular flexibility index (Phi) is 6.72. The number of fused-ring (bicyclic) bond motifs is 1. The first kappa shape index (κ1) is 22.1. The number of nitrogens with one attached hydrogen (secondary N) is 1. The zero-order valence-electron chi connectivity index (χ0n) is 17.5. The van der Waals surface area contributed by atoms with Gasteiger partial charge < -0.3 is 15.2 Å². The number of anilines is 1. The highest BCUT2D eigenvalue weighted by atomic mass is 79.9. The number of hydrogen-bond acceptors (Lipinski definition) is 4. The highest BCUT2D eigenvalue weighted by Crippen LogP contribution is 2.28. The van der Waals surface area contributed by atoms with E-state index in [4.69, 9.17) is 4.74 Å². The molecule has 0 aliphatic rings. The lowest BCUT2D eigenvalue weighted by Crippen LogP contribution is -2.13. The maximum absolute atomic E-state index is 12.6. The summed E-state index contributed by atoms with van der Waals surface area (Å²) in [7, 11) is 0. The molecule has 1 amide bonds. The zero-order valence-corrected chi connectivity index (χ0v) is 19.0. The fourth-order valence-corrected chi connectivity index (χ4v) is 3.76. The Morgan fingerprint density at radius 3 is 2.58 bits per heavy atom. The van der Waals surface area contributed by atoms with Crippen molar-refractivity contribution < 1.29 is 14.6 Å². The second kappa shape index (κ2) is 10.0. The number of benzene rings is 4. The summed E-state index contributed by atoms with van der Waals surface area (Å²) < 4.78 is 6.90. The third-order valence-electron chi connectivity index (χ3n) is 5.03. The van der Waals surface area contributed by atoms with Gasteiger partial charge in [-0.25, -0.2) is 0 Å². The first-order valence-electron chi connectivity index (χ1n) is 10.1. The molecular weight excluding hydrogens is 480 g/mol. The molecule has 4 aromatic carbocycles. The molecule has 0 unspecified atom stereocenters. The summed E-state index contributed by atoms with van der Waals surface area (Å²) in [6, 6.07) is 27.6. The van der Waals surface area contributed by atoms with Crippen LogP contribution in [-0.4, -0.2) is 11.0 Å². The topological polar surface area (TPSA) is 82.3 Å². The first-order chi connectivity index (χ1) is 16.0. The van der Waals surface area contributed by atoms with Gasteiger partial charge in [-0.05, 0) is 64.9 Å². The summed E-state index contributed by atoms with van der Waals surface area (Å²) in [5.41, 5.74) is 2.04. The Bertz CT molecular complexity index is 1380. The number of phenols is 1. The molecule has 0 spiro atoms. The summed E-state index contributed by atoms with van der Waals surface area (Å²) in [5.74, 6) is 0.0886. The number of hydrogen-bond donors (Lipinski definition) is 2. The highest BCUT2D eigenvalue weighted by Gasteiger charge is 2.13. The molecule has 0 radical (unpaired) electrons. The fraction of sp³-hybridized carbons (Fsp3) is 0.0370. The molecule has 4 rings (SSSR count). The summed E-state index contributed by atoms with van der Waals surface area (Å²) in [6.45, 7) is 0.339. The van der Waals surface area contributed by atoms with Crippen molar-refractivity contribution in [1.29, 1.82) is 5.26 Å². The van der Waals surface area contributed by atoms with Gasteiger partial charge in [0.1, 0.15) is 29.7 Å². The molecule has 2 N–H and O–H groups in total. The molecule has 0 atom stereocenters. The van der Waals surface area contributed by atoms with Crippen LogP contribution in [0.4, 0.5) is 5.69 Å². The Morgan fingerprint density at radius 2 is 1.79 bits per heavy atom. The normalized spacial score (nSPS) is 11.1. The van der Waals surface area contributed by atoms with Crippen molar-refractivity contribution in [3.8, 4) is 17.6 Å². The smallest absolute Gasteiger partial charge is 0.266 e. The number of nitrogens with zero attached hydrogens (tertiary/aromatic N) is 1. The predicted octanol–water partition coefficient (Wildman–Crippen LogP) is 6.43. The minimum absolute atomic E-state index is 0.0730. The fourth-order valence-electron chi connectivity index (χ4n) is 3.38. The number of ether oxygens (including phenoxy) is 1. The van der Waals surface area contributed by atoms with Crippen LogP contribution in [0.3, 0.4) is 0 Å². The van der Waals surface area contributed by atoms with Crippen molar-refractivity contribution in [1.82, 2.24) is 0 Å². The summed E-state index contributed by atoms with van der Waals surface area (Å²) >= 11 is 3.44. The van der Waals surface area contributed by atoms with E-state index in [-0.39, 0.29) is 11.3 Å². The van der Waals surface area contributed by atoms with Crippen LogP contribution in [0.15, 0.2) is 95.0 Å². The van der Waals surface area contributed by atoms with Gasteiger partial charge in [0.25, 0.3) is 5.91 Å². The average molecular weight is 499 g/mol. The maximum atomic E-state index is 12.6. The molecule has 0 heterocycles. The lowest BCUT2D eigenvalue weighted by atomic mass is 10.1. The Morgan fingerprint density at radius 1 is 1.03 bits per heavy atom. The average Bonchev–Trinajstić information content (AvgIpc) is 2.83. The van der Waals surface area contributed by atoms with Crippen molar-refractivity contribution in [2.24, 2.45) is 0 Å². The molecular formula is C27H19BrN2O3. The number of phenolic OH excluding ortho intramolecular Hbond substituents is 1. The summed E-state index contributed by atoms with van der Waals surface area (Å²) in [5, 5.41) is 23.9. The lowest BCUT2D eigenvalue weighted by molar-refractivity contribution is -0.112. The van der Waals surface area contributed by atoms with Crippen LogP contribution < -0.4 is 10.1 Å². The maximum Gasteiger partial charge on any atom is 0.266 e. The molecule has 33 heavy (non-hydrogen) atoms. The van der Waals surface area contributed by atoms with Crippen molar-refractivity contribution in [3.63, 3.8) is 0 Å². The van der Waals surface area contributed by atoms with Crippen molar-refractivity contribution >= 4 is 44.4 Å². The number of aromatic hydroxyl groups is 1. The number of rotatable bonds is 6. The summed E-state index contributed by atoms with van der Waals surface area (Å²) in [6.07, 6.45) is 1.50. The second-order valence-corrected chi connectivity index (χ2v) is 8.20. The van der Waals surface area contributed by atoms with E-state index in [2.05, 4.69) is 39.4 Å². The van der Waals surface area contributed by atoms with Crippen LogP contribution in [0.25, 0.3) is 16.8 Å². The van der Waals surface area contributed by atoms with Gasteiger partial charge in [-0.15, -0.1) is 0 Å². The van der Waals surface area contributed by atoms with Crippen LogP contribution in [-0.2, 0) is 11.4 Å². The van der Waals surface area contributed by atoms with Crippen molar-refractivity contribution in [2.75, 3.05) is 5.32 Å². The van der Waals surface area contributed by atoms with Crippen molar-refractivity contribution in [3.05, 3.63) is 106 Å². The van der Waals surface area contributed by atoms with Gasteiger partial charge in [-0.2, -0.15) is 5.26 Å². The molecule has 4 aromatic rings. The number of halogens is 1. The van der Waals surface area contributed by atoms with Gasteiger partial charge in [0.2, 0.25) is 0 Å². The van der Waals surface area contributed by atoms with Gasteiger partial charge >= 0.3 is 0 Å². The number of carbonyl (C=O) groups excluding carboxylic acids is 1. The zero-order chi connectivity index (χ0) is 23.2. The number of amides is 1. The van der Waals surface area contributed by atoms with Gasteiger partial charge in [0.05, 0.1) is 0 Å². The Balaban J connectivity index is 1.59. The van der Waals surface area contributed by atoms with E-state index in [0.717, 1.165) is 20.8 Å². The van der Waals surface area contributed by atoms with E-state index in [1.165, 1.54) is 18.2 Å². The van der Waals surface area contributed by atoms with E-state index in [1.807, 2.05) is 36.4 Å². The van der Waals surface area contributed by atoms with Crippen LogP contribution in [0, 0.1) is 11.3 Å². The van der Waals surface area contributed by atoms with E-state index in [9.17, 15) is 15.2 Å². The van der Waals surface area contributed by atoms with E-state index in [0.29, 0.717) is 23.6 Å². The quantitative estimate of drug-likeness (QED) is 0.182. The van der Waals surface area contributed by atoms with E-state index >= 15 is 0 Å². The lowest BCUT2D eigenvalue weighted by Gasteiger charge is -2.12. The standard InChI is InChI=1S/C27H19BrN2O3/c28-22-8-13-26(33-17-19-6-3-5-18-4-1-2-7-25(18)19)20(15-22)14-21(16-29)27(32)30-23-9-11-24(31)12-10-23/h1-15,31H,17H2,(H,30,32)/b21-14+. The van der Waals surface area contributed by atoms with Gasteiger partial charge in [0, 0.05) is 15.7 Å². The van der Waals surface area contributed by atoms with Crippen molar-refractivity contribution in [2.45, 2.75) is 6.61 Å². The van der Waals surface area contributed by atoms with Gasteiger partial charge in [0.15, 0.2) is 0 Å². The highest BCUT2D eigenvalue weighted by molar-refractivity contribution is 9.10. The molecule has 0 bridgehead atoms. The number of nitriles is 1. The molecule has 0 aromatic heterocycles. The predicted molar refractivity (Wildman–Crippen MR) is 133 cm³/mol. The van der Waals surface area contributed by atoms with Crippen LogP contribution in [0.5, 0.6) is 11.5 Å². The largest absolute Gasteiger partial charge is 0.508 e. The van der Waals surface area contributed by atoms with Gasteiger partial charge in [-0.1, -0.05) is 58.4 Å². The molecule has 0 saturated carbocycles. The van der Waals surface area contributed by atoms with Crippen LogP contribution in [0.1, 0.15) is 11.1 Å². The van der Waals surface area contributed by atoms with E-state index < -0.39 is 5.91 Å². The molecule has 0 aliphatic heterocycles. The monoisotopic (exact) mass is 498 g/mol. The molecule has 0 fully saturated rings. The van der Waals surface area contributed by atoms with E-state index in [1.54, 1.807) is 24.3 Å². The summed E-state index contributed by atoms with van der Waals surface area (Å²) in [4.78, 5) is 12.6. The molecule has 5 nitrogen and oxygen atoms in total. The minimum atomic E-state index is -0.553. The van der Waals surface area contributed by atoms with Crippen LogP contribution in [0.2, 0.25) is 0 Å². The third kappa shape index (κ3) is 5.40. The second-order valence-electron chi connectivity index (χ2n) is 7.28. The molecule has 0 aliphatic carbocycles. The first-order valence-corrected chi connectivity index (χ1v) is 10.9. The third-order valence-corrected chi connectivity index (χ3v) is 5.52. The Labute approximate surface area is 199 Å². The minimum Gasteiger partial charge on any atom is -0.508 e. The number of carbonyl (C=O) groups is 1. The molecule has 6 heteroatoms. The molecule has 0 saturated heterocycles. The SMILES string of the molecule is N#C/C(=C\c1cc(Br)ccc1OCc1cccc2ccccc12)C(=O)Nc1ccc(O)cc1. The Hall–Kier alpha value is -4.08. The van der Waals surface area contributed by atoms with Crippen LogP contribution >= 0.6 is 15.9 Å². The van der Waals surface area contributed by atoms with Gasteiger partial charge in [-0.3, -0.25) is 4.79 Å². The molecule has 162 valence electrons.